The number of hydrogen-bond donors (Lipinski definition) is 1. The van der Waals surface area contributed by atoms with Crippen LogP contribution in [0.5, 0.6) is 5.75 Å². The minimum atomic E-state index is -0.0551. The smallest absolute Gasteiger partial charge is 0.253 e. The second-order valence-electron chi connectivity index (χ2n) is 6.69. The SMILES string of the molecule is COc1ccc(C(=O)C2CCN(C(=O)c3ccc4n[nH]nc4c3)CC2)cc1. The van der Waals surface area contributed by atoms with Crippen LogP contribution in [0, 0.1) is 5.92 Å². The molecule has 0 spiro atoms. The molecule has 0 saturated carbocycles. The Labute approximate surface area is 156 Å². The molecule has 7 heteroatoms. The number of ketones is 1. The van der Waals surface area contributed by atoms with Crippen LogP contribution in [0.4, 0.5) is 0 Å². The van der Waals surface area contributed by atoms with Gasteiger partial charge in [-0.25, -0.2) is 0 Å². The van der Waals surface area contributed by atoms with E-state index in [1.54, 1.807) is 54.5 Å². The van der Waals surface area contributed by atoms with Gasteiger partial charge in [0.05, 0.1) is 7.11 Å². The first-order valence-electron chi connectivity index (χ1n) is 8.94. The number of Topliss-reactive ketones (excluding diaryl/α,β-unsaturated/α-hetero) is 1. The van der Waals surface area contributed by atoms with Gasteiger partial charge in [-0.15, -0.1) is 0 Å². The van der Waals surface area contributed by atoms with Crippen LogP contribution in [0.1, 0.15) is 33.6 Å². The largest absolute Gasteiger partial charge is 0.497 e. The van der Waals surface area contributed by atoms with Crippen LogP contribution >= 0.6 is 0 Å². The molecule has 0 bridgehead atoms. The molecule has 2 heterocycles. The van der Waals surface area contributed by atoms with Crippen molar-refractivity contribution in [3.8, 4) is 5.75 Å². The monoisotopic (exact) mass is 364 g/mol. The van der Waals surface area contributed by atoms with E-state index in [-0.39, 0.29) is 17.6 Å². The molecule has 4 rings (SSSR count). The predicted molar refractivity (Wildman–Crippen MR) is 99.8 cm³/mol. The molecule has 3 aromatic rings. The number of nitrogens with one attached hydrogen (secondary N) is 1. The Morgan fingerprint density at radius 1 is 1.00 bits per heavy atom. The quantitative estimate of drug-likeness (QED) is 0.719. The molecule has 1 fully saturated rings. The van der Waals surface area contributed by atoms with Gasteiger partial charge in [0, 0.05) is 30.1 Å². The highest BCUT2D eigenvalue weighted by atomic mass is 16.5. The van der Waals surface area contributed by atoms with Crippen molar-refractivity contribution in [3.63, 3.8) is 0 Å². The fourth-order valence-electron chi connectivity index (χ4n) is 3.49. The highest BCUT2D eigenvalue weighted by Crippen LogP contribution is 2.24. The van der Waals surface area contributed by atoms with Crippen LogP contribution in [-0.4, -0.2) is 52.2 Å². The number of nitrogens with zero attached hydrogens (tertiary/aromatic N) is 3. The molecule has 7 nitrogen and oxygen atoms in total. The summed E-state index contributed by atoms with van der Waals surface area (Å²) in [7, 11) is 1.60. The first kappa shape index (κ1) is 17.2. The number of fused-ring (bicyclic) bond motifs is 1. The number of ether oxygens (including phenoxy) is 1. The van der Waals surface area contributed by atoms with E-state index in [1.165, 1.54) is 0 Å². The van der Waals surface area contributed by atoms with Crippen LogP contribution in [0.3, 0.4) is 0 Å². The standard InChI is InChI=1S/C20H20N4O3/c1-27-16-5-2-13(3-6-16)19(25)14-8-10-24(11-9-14)20(26)15-4-7-17-18(12-15)22-23-21-17/h2-7,12,14H,8-11H2,1H3,(H,21,22,23). The number of amides is 1. The van der Waals surface area contributed by atoms with Gasteiger partial charge in [-0.2, -0.15) is 15.4 Å². The molecule has 0 atom stereocenters. The van der Waals surface area contributed by atoms with E-state index in [0.29, 0.717) is 42.6 Å². The maximum absolute atomic E-state index is 12.8. The van der Waals surface area contributed by atoms with E-state index in [4.69, 9.17) is 4.74 Å². The first-order valence-corrected chi connectivity index (χ1v) is 8.94. The third-order valence-electron chi connectivity index (χ3n) is 5.09. The molecule has 2 aromatic carbocycles. The highest BCUT2D eigenvalue weighted by Gasteiger charge is 2.28. The van der Waals surface area contributed by atoms with E-state index in [9.17, 15) is 9.59 Å². The Morgan fingerprint density at radius 2 is 1.67 bits per heavy atom. The van der Waals surface area contributed by atoms with Crippen molar-refractivity contribution in [2.75, 3.05) is 20.2 Å². The number of benzene rings is 2. The van der Waals surface area contributed by atoms with Gasteiger partial charge in [0.25, 0.3) is 5.91 Å². The molecule has 0 unspecified atom stereocenters. The Bertz CT molecular complexity index is 972. The molecule has 27 heavy (non-hydrogen) atoms. The van der Waals surface area contributed by atoms with Gasteiger partial charge >= 0.3 is 0 Å². The Hall–Kier alpha value is -3.22. The van der Waals surface area contributed by atoms with Crippen molar-refractivity contribution < 1.29 is 14.3 Å². The van der Waals surface area contributed by atoms with Gasteiger partial charge in [-0.3, -0.25) is 9.59 Å². The molecule has 1 aromatic heterocycles. The summed E-state index contributed by atoms with van der Waals surface area (Å²) in [6, 6.07) is 12.5. The molecule has 1 saturated heterocycles. The van der Waals surface area contributed by atoms with Gasteiger partial charge in [0.1, 0.15) is 16.8 Å². The summed E-state index contributed by atoms with van der Waals surface area (Å²) in [5.74, 6) is 0.778. The molecule has 1 aliphatic rings. The van der Waals surface area contributed by atoms with Crippen LogP contribution in [0.15, 0.2) is 42.5 Å². The summed E-state index contributed by atoms with van der Waals surface area (Å²) in [4.78, 5) is 27.3. The van der Waals surface area contributed by atoms with Crippen LogP contribution in [-0.2, 0) is 0 Å². The number of carbonyl (C=O) groups is 2. The van der Waals surface area contributed by atoms with Crippen LogP contribution < -0.4 is 4.74 Å². The van der Waals surface area contributed by atoms with E-state index >= 15 is 0 Å². The van der Waals surface area contributed by atoms with Crippen molar-refractivity contribution in [2.24, 2.45) is 5.92 Å². The molecule has 0 radical (unpaired) electrons. The molecule has 1 amide bonds. The maximum atomic E-state index is 12.8. The predicted octanol–water partition coefficient (Wildman–Crippen LogP) is 2.70. The summed E-state index contributed by atoms with van der Waals surface area (Å²) in [5.41, 5.74) is 2.69. The third kappa shape index (κ3) is 3.40. The molecular formula is C20H20N4O3. The number of hydrogen-bond acceptors (Lipinski definition) is 5. The molecular weight excluding hydrogens is 344 g/mol. The minimum Gasteiger partial charge on any atom is -0.497 e. The van der Waals surface area contributed by atoms with Crippen molar-refractivity contribution in [1.82, 2.24) is 20.3 Å². The van der Waals surface area contributed by atoms with Crippen LogP contribution in [0.25, 0.3) is 11.0 Å². The lowest BCUT2D eigenvalue weighted by Gasteiger charge is -2.31. The Kier molecular flexibility index (Phi) is 4.58. The maximum Gasteiger partial charge on any atom is 0.253 e. The summed E-state index contributed by atoms with van der Waals surface area (Å²) >= 11 is 0. The number of H-pyrrole nitrogens is 1. The fraction of sp³-hybridized carbons (Fsp3) is 0.300. The fourth-order valence-corrected chi connectivity index (χ4v) is 3.49. The van der Waals surface area contributed by atoms with Crippen molar-refractivity contribution in [1.29, 1.82) is 0 Å². The number of likely N-dealkylation sites (tertiary alicyclic amines) is 1. The average Bonchev–Trinajstić information content (AvgIpc) is 3.21. The molecule has 0 aliphatic carbocycles. The van der Waals surface area contributed by atoms with Gasteiger partial charge in [-0.05, 0) is 55.3 Å². The summed E-state index contributed by atoms with van der Waals surface area (Å²) < 4.78 is 5.13. The number of piperidine rings is 1. The van der Waals surface area contributed by atoms with Crippen molar-refractivity contribution >= 4 is 22.7 Å². The van der Waals surface area contributed by atoms with E-state index < -0.39 is 0 Å². The van der Waals surface area contributed by atoms with Crippen molar-refractivity contribution in [2.45, 2.75) is 12.8 Å². The zero-order chi connectivity index (χ0) is 18.8. The molecule has 1 aliphatic heterocycles. The number of aromatic nitrogens is 3. The normalized spacial score (nSPS) is 15.1. The Balaban J connectivity index is 1.40. The van der Waals surface area contributed by atoms with E-state index in [0.717, 1.165) is 11.3 Å². The van der Waals surface area contributed by atoms with E-state index in [2.05, 4.69) is 15.4 Å². The number of carbonyl (C=O) groups excluding carboxylic acids is 2. The highest BCUT2D eigenvalue weighted by molar-refractivity contribution is 5.99. The number of aromatic amines is 1. The van der Waals surface area contributed by atoms with Gasteiger partial charge < -0.3 is 9.64 Å². The van der Waals surface area contributed by atoms with Gasteiger partial charge in [0.15, 0.2) is 5.78 Å². The zero-order valence-electron chi connectivity index (χ0n) is 15.0. The summed E-state index contributed by atoms with van der Waals surface area (Å²) in [5, 5.41) is 10.6. The van der Waals surface area contributed by atoms with Crippen molar-refractivity contribution in [3.05, 3.63) is 53.6 Å². The first-order chi connectivity index (χ1) is 13.2. The summed E-state index contributed by atoms with van der Waals surface area (Å²) in [6.07, 6.45) is 1.34. The van der Waals surface area contributed by atoms with E-state index in [1.807, 2.05) is 0 Å². The number of methoxy groups -OCH3 is 1. The van der Waals surface area contributed by atoms with Gasteiger partial charge in [0.2, 0.25) is 0 Å². The molecule has 138 valence electrons. The lowest BCUT2D eigenvalue weighted by atomic mass is 9.88. The Morgan fingerprint density at radius 3 is 2.37 bits per heavy atom. The number of rotatable bonds is 4. The zero-order valence-corrected chi connectivity index (χ0v) is 15.0. The molecule has 1 N–H and O–H groups in total. The second kappa shape index (κ2) is 7.19. The third-order valence-corrected chi connectivity index (χ3v) is 5.09. The minimum absolute atomic E-state index is 0.0322. The second-order valence-corrected chi connectivity index (χ2v) is 6.69. The van der Waals surface area contributed by atoms with Crippen LogP contribution in [0.2, 0.25) is 0 Å². The lowest BCUT2D eigenvalue weighted by Crippen LogP contribution is -2.40. The topological polar surface area (TPSA) is 88.2 Å². The lowest BCUT2D eigenvalue weighted by molar-refractivity contribution is 0.0650. The average molecular weight is 364 g/mol. The van der Waals surface area contributed by atoms with Gasteiger partial charge in [-0.1, -0.05) is 0 Å². The summed E-state index contributed by atoms with van der Waals surface area (Å²) in [6.45, 7) is 1.14.